The van der Waals surface area contributed by atoms with Gasteiger partial charge in [0.2, 0.25) is 15.9 Å². The highest BCUT2D eigenvalue weighted by atomic mass is 32.2. The van der Waals surface area contributed by atoms with Gasteiger partial charge in [-0.2, -0.15) is 0 Å². The highest BCUT2D eigenvalue weighted by molar-refractivity contribution is 7.92. The van der Waals surface area contributed by atoms with Crippen molar-refractivity contribution in [2.45, 2.75) is 59.5 Å². The maximum absolute atomic E-state index is 13.1. The van der Waals surface area contributed by atoms with Crippen LogP contribution >= 0.6 is 0 Å². The van der Waals surface area contributed by atoms with Crippen molar-refractivity contribution in [3.05, 3.63) is 68.8 Å². The number of amides is 1. The average Bonchev–Trinajstić information content (AvgIpc) is 2.75. The zero-order chi connectivity index (χ0) is 24.1. The molecule has 1 unspecified atom stereocenters. The Morgan fingerprint density at radius 3 is 2.31 bits per heavy atom. The number of anilines is 1. The second-order valence-electron chi connectivity index (χ2n) is 7.74. The van der Waals surface area contributed by atoms with Gasteiger partial charge in [0.15, 0.2) is 0 Å². The number of nitrogens with one attached hydrogen (secondary N) is 1. The van der Waals surface area contributed by atoms with Crippen LogP contribution in [0.25, 0.3) is 0 Å². The van der Waals surface area contributed by atoms with Gasteiger partial charge in [0.1, 0.15) is 6.04 Å². The normalized spacial score (nSPS) is 12.3. The van der Waals surface area contributed by atoms with E-state index in [0.29, 0.717) is 5.56 Å². The minimum atomic E-state index is -3.90. The molecule has 9 heteroatoms. The lowest BCUT2D eigenvalue weighted by Gasteiger charge is -2.31. The summed E-state index contributed by atoms with van der Waals surface area (Å²) in [4.78, 5) is 23.8. The van der Waals surface area contributed by atoms with Gasteiger partial charge in [0.25, 0.3) is 5.69 Å². The molecular weight excluding hydrogens is 430 g/mol. The Kier molecular flexibility index (Phi) is 8.38. The monoisotopic (exact) mass is 461 g/mol. The van der Waals surface area contributed by atoms with E-state index in [0.717, 1.165) is 40.1 Å². The number of hydrogen-bond acceptors (Lipinski definition) is 5. The van der Waals surface area contributed by atoms with Gasteiger partial charge < -0.3 is 5.32 Å². The van der Waals surface area contributed by atoms with Crippen LogP contribution in [0.1, 0.15) is 49.4 Å². The Bertz CT molecular complexity index is 1100. The minimum Gasteiger partial charge on any atom is -0.350 e. The van der Waals surface area contributed by atoms with Crippen LogP contribution in [0, 0.1) is 17.0 Å². The van der Waals surface area contributed by atoms with E-state index in [1.165, 1.54) is 18.2 Å². The minimum absolute atomic E-state index is 0.130. The molecule has 0 saturated heterocycles. The number of aryl methyl sites for hydroxylation is 3. The summed E-state index contributed by atoms with van der Waals surface area (Å²) >= 11 is 0. The summed E-state index contributed by atoms with van der Waals surface area (Å²) in [6.45, 7) is 7.74. The first kappa shape index (κ1) is 25.3. The fourth-order valence-electron chi connectivity index (χ4n) is 3.69. The van der Waals surface area contributed by atoms with Crippen LogP contribution < -0.4 is 9.62 Å². The Labute approximate surface area is 189 Å². The van der Waals surface area contributed by atoms with Gasteiger partial charge in [0, 0.05) is 18.7 Å². The topological polar surface area (TPSA) is 110 Å². The van der Waals surface area contributed by atoms with Gasteiger partial charge in [-0.3, -0.25) is 19.2 Å². The molecule has 1 atom stereocenters. The van der Waals surface area contributed by atoms with Crippen molar-refractivity contribution in [2.75, 3.05) is 10.6 Å². The van der Waals surface area contributed by atoms with Crippen LogP contribution in [-0.4, -0.2) is 31.5 Å². The lowest BCUT2D eigenvalue weighted by atomic mass is 10.0. The number of hydrogen-bond donors (Lipinski definition) is 1. The predicted octanol–water partition coefficient (Wildman–Crippen LogP) is 3.89. The van der Waals surface area contributed by atoms with Crippen molar-refractivity contribution in [1.29, 1.82) is 0 Å². The van der Waals surface area contributed by atoms with Crippen LogP contribution in [0.4, 0.5) is 11.4 Å². The molecule has 174 valence electrons. The first-order valence-corrected chi connectivity index (χ1v) is 12.5. The van der Waals surface area contributed by atoms with E-state index >= 15 is 0 Å². The molecule has 0 fully saturated rings. The van der Waals surface area contributed by atoms with Crippen molar-refractivity contribution in [2.24, 2.45) is 0 Å². The number of nitro groups is 1. The first-order chi connectivity index (χ1) is 15.0. The van der Waals surface area contributed by atoms with E-state index in [4.69, 9.17) is 0 Å². The SMILES string of the molecule is CCc1ccc(CC)c(CNC(=O)C(CC)N(c2cc([N+](=O)[O-])ccc2C)S(C)(=O)=O)c1. The van der Waals surface area contributed by atoms with Crippen molar-refractivity contribution in [3.63, 3.8) is 0 Å². The number of rotatable bonds is 10. The molecule has 0 aliphatic carbocycles. The summed E-state index contributed by atoms with van der Waals surface area (Å²) in [5.41, 5.74) is 3.68. The number of carbonyl (C=O) groups excluding carboxylic acids is 1. The average molecular weight is 462 g/mol. The third-order valence-electron chi connectivity index (χ3n) is 5.48. The molecule has 0 radical (unpaired) electrons. The van der Waals surface area contributed by atoms with E-state index in [-0.39, 0.29) is 24.3 Å². The van der Waals surface area contributed by atoms with E-state index in [2.05, 4.69) is 24.4 Å². The largest absolute Gasteiger partial charge is 0.350 e. The lowest BCUT2D eigenvalue weighted by Crippen LogP contribution is -2.49. The number of non-ortho nitro benzene ring substituents is 1. The number of carbonyl (C=O) groups is 1. The molecule has 2 aromatic rings. The molecule has 32 heavy (non-hydrogen) atoms. The van der Waals surface area contributed by atoms with Gasteiger partial charge >= 0.3 is 0 Å². The molecule has 0 bridgehead atoms. The van der Waals surface area contributed by atoms with Gasteiger partial charge in [-0.1, -0.05) is 45.0 Å². The lowest BCUT2D eigenvalue weighted by molar-refractivity contribution is -0.384. The Morgan fingerprint density at radius 1 is 1.09 bits per heavy atom. The maximum Gasteiger partial charge on any atom is 0.271 e. The molecule has 0 spiro atoms. The van der Waals surface area contributed by atoms with Crippen molar-refractivity contribution >= 4 is 27.3 Å². The van der Waals surface area contributed by atoms with E-state index in [9.17, 15) is 23.3 Å². The Morgan fingerprint density at radius 2 is 1.78 bits per heavy atom. The molecule has 0 heterocycles. The molecule has 8 nitrogen and oxygen atoms in total. The Balaban J connectivity index is 2.40. The second-order valence-corrected chi connectivity index (χ2v) is 9.60. The fraction of sp³-hybridized carbons (Fsp3) is 0.435. The van der Waals surface area contributed by atoms with Gasteiger partial charge in [-0.05, 0) is 48.4 Å². The predicted molar refractivity (Wildman–Crippen MR) is 126 cm³/mol. The van der Waals surface area contributed by atoms with Crippen molar-refractivity contribution in [1.82, 2.24) is 5.32 Å². The van der Waals surface area contributed by atoms with Crippen LogP contribution in [0.15, 0.2) is 36.4 Å². The van der Waals surface area contributed by atoms with Crippen LogP contribution in [0.5, 0.6) is 0 Å². The third-order valence-corrected chi connectivity index (χ3v) is 6.65. The highest BCUT2D eigenvalue weighted by Gasteiger charge is 2.33. The zero-order valence-corrected chi connectivity index (χ0v) is 20.0. The summed E-state index contributed by atoms with van der Waals surface area (Å²) in [6.07, 6.45) is 2.89. The maximum atomic E-state index is 13.1. The summed E-state index contributed by atoms with van der Waals surface area (Å²) in [5, 5.41) is 14.1. The summed E-state index contributed by atoms with van der Waals surface area (Å²) < 4.78 is 26.4. The smallest absolute Gasteiger partial charge is 0.271 e. The molecule has 0 saturated carbocycles. The van der Waals surface area contributed by atoms with Gasteiger partial charge in [-0.15, -0.1) is 0 Å². The third kappa shape index (κ3) is 5.85. The first-order valence-electron chi connectivity index (χ1n) is 10.7. The van der Waals surface area contributed by atoms with Crippen LogP contribution in [-0.2, 0) is 34.2 Å². The van der Waals surface area contributed by atoms with Gasteiger partial charge in [0.05, 0.1) is 16.9 Å². The zero-order valence-electron chi connectivity index (χ0n) is 19.2. The summed E-state index contributed by atoms with van der Waals surface area (Å²) in [6, 6.07) is 9.13. The number of benzene rings is 2. The van der Waals surface area contributed by atoms with Crippen LogP contribution in [0.3, 0.4) is 0 Å². The quantitative estimate of drug-likeness (QED) is 0.426. The second kappa shape index (κ2) is 10.6. The number of sulfonamides is 1. The van der Waals surface area contributed by atoms with Crippen molar-refractivity contribution in [3.8, 4) is 0 Å². The van der Waals surface area contributed by atoms with Crippen LogP contribution in [0.2, 0.25) is 0 Å². The molecule has 2 aromatic carbocycles. The molecular formula is C23H31N3O5S. The summed E-state index contributed by atoms with van der Waals surface area (Å²) in [7, 11) is -3.90. The Hall–Kier alpha value is -2.94. The van der Waals surface area contributed by atoms with E-state index in [1.807, 2.05) is 13.0 Å². The fourth-order valence-corrected chi connectivity index (χ4v) is 4.95. The molecule has 0 aromatic heterocycles. The van der Waals surface area contributed by atoms with Gasteiger partial charge in [-0.25, -0.2) is 8.42 Å². The molecule has 1 amide bonds. The molecule has 1 N–H and O–H groups in total. The number of nitro benzene ring substituents is 1. The molecule has 0 aliphatic rings. The number of nitrogens with zero attached hydrogens (tertiary/aromatic N) is 2. The molecule has 2 rings (SSSR count). The van der Waals surface area contributed by atoms with Crippen molar-refractivity contribution < 1.29 is 18.1 Å². The standard InChI is InChI=1S/C23H31N3O5S/c1-6-17-10-11-18(7-2)19(13-17)15-24-23(27)21(8-3)25(32(5,30)31)22-14-20(26(28)29)12-9-16(22)4/h9-14,21H,6-8,15H2,1-5H3,(H,24,27). The van der Waals surface area contributed by atoms with E-state index in [1.54, 1.807) is 13.8 Å². The highest BCUT2D eigenvalue weighted by Crippen LogP contribution is 2.30. The molecule has 0 aliphatic heterocycles. The van der Waals surface area contributed by atoms with E-state index < -0.39 is 26.9 Å². The summed E-state index contributed by atoms with van der Waals surface area (Å²) in [5.74, 6) is -0.451.